The van der Waals surface area contributed by atoms with Gasteiger partial charge in [0.25, 0.3) is 5.56 Å². The molecular weight excluding hydrogens is 368 g/mol. The lowest BCUT2D eigenvalue weighted by atomic mass is 9.85. The summed E-state index contributed by atoms with van der Waals surface area (Å²) in [6, 6.07) is 9.31. The summed E-state index contributed by atoms with van der Waals surface area (Å²) in [5.41, 5.74) is 6.63. The Balaban J connectivity index is 2.32. The molecule has 1 atom stereocenters. The van der Waals surface area contributed by atoms with Gasteiger partial charge in [0.1, 0.15) is 11.6 Å². The molecule has 1 aromatic carbocycles. The van der Waals surface area contributed by atoms with E-state index in [9.17, 15) is 10.1 Å². The number of aromatic nitrogens is 2. The van der Waals surface area contributed by atoms with Crippen LogP contribution in [0.25, 0.3) is 0 Å². The Hall–Kier alpha value is -2.37. The number of rotatable bonds is 1. The molecule has 6 nitrogen and oxygen atoms in total. The summed E-state index contributed by atoms with van der Waals surface area (Å²) in [5.74, 6) is -0.491. The van der Waals surface area contributed by atoms with Gasteiger partial charge in [-0.1, -0.05) is 28.1 Å². The summed E-state index contributed by atoms with van der Waals surface area (Å²) in [7, 11) is 0. The number of nitrogens with two attached hydrogens (primary N) is 1. The van der Waals surface area contributed by atoms with Crippen LogP contribution in [0.2, 0.25) is 0 Å². The first kappa shape index (κ1) is 14.6. The van der Waals surface area contributed by atoms with Crippen LogP contribution >= 0.6 is 28.1 Å². The summed E-state index contributed by atoms with van der Waals surface area (Å²) < 4.78 is 6.38. The van der Waals surface area contributed by atoms with Crippen molar-refractivity contribution in [2.24, 2.45) is 5.73 Å². The van der Waals surface area contributed by atoms with Gasteiger partial charge in [0.05, 0.1) is 11.5 Å². The molecule has 2 aromatic rings. The average molecular weight is 377 g/mol. The summed E-state index contributed by atoms with van der Waals surface area (Å²) >= 11 is 8.29. The highest BCUT2D eigenvalue weighted by Gasteiger charge is 2.33. The number of aromatic amines is 2. The first-order valence-corrected chi connectivity index (χ1v) is 7.41. The quantitative estimate of drug-likeness (QED) is 0.662. The zero-order chi connectivity index (χ0) is 15.9. The van der Waals surface area contributed by atoms with E-state index in [1.165, 1.54) is 0 Å². The third-order valence-corrected chi connectivity index (χ3v) is 4.05. The fourth-order valence-electron chi connectivity index (χ4n) is 2.38. The highest BCUT2D eigenvalue weighted by atomic mass is 79.9. The Morgan fingerprint density at radius 2 is 2.00 bits per heavy atom. The SMILES string of the molecule is N#CC1=C(N)Oc2[nH]c(=S)[nH]c(=O)c2[C@H]1c1ccc(Br)cc1. The molecule has 0 bridgehead atoms. The number of H-pyrrole nitrogens is 2. The number of nitriles is 1. The van der Waals surface area contributed by atoms with Gasteiger partial charge in [0.2, 0.25) is 11.8 Å². The summed E-state index contributed by atoms with van der Waals surface area (Å²) in [6.07, 6.45) is 0. The van der Waals surface area contributed by atoms with E-state index >= 15 is 0 Å². The predicted molar refractivity (Wildman–Crippen MR) is 85.7 cm³/mol. The van der Waals surface area contributed by atoms with Crippen molar-refractivity contribution >= 4 is 28.1 Å². The van der Waals surface area contributed by atoms with Gasteiger partial charge >= 0.3 is 0 Å². The number of halogens is 1. The summed E-state index contributed by atoms with van der Waals surface area (Å²) in [4.78, 5) is 17.6. The number of ether oxygens (including phenoxy) is 1. The maximum absolute atomic E-state index is 12.3. The van der Waals surface area contributed by atoms with Gasteiger partial charge in [-0.3, -0.25) is 9.78 Å². The monoisotopic (exact) mass is 376 g/mol. The molecule has 1 aliphatic heterocycles. The lowest BCUT2D eigenvalue weighted by Gasteiger charge is -2.24. The topological polar surface area (TPSA) is 108 Å². The summed E-state index contributed by atoms with van der Waals surface area (Å²) in [5, 5.41) is 9.40. The first-order valence-electron chi connectivity index (χ1n) is 6.21. The van der Waals surface area contributed by atoms with Crippen molar-refractivity contribution in [3.05, 3.63) is 66.4 Å². The van der Waals surface area contributed by atoms with E-state index in [0.717, 1.165) is 10.0 Å². The van der Waals surface area contributed by atoms with Crippen LogP contribution in [-0.4, -0.2) is 9.97 Å². The normalized spacial score (nSPS) is 16.6. The van der Waals surface area contributed by atoms with E-state index in [2.05, 4.69) is 25.9 Å². The Labute approximate surface area is 138 Å². The van der Waals surface area contributed by atoms with Crippen molar-refractivity contribution in [1.29, 1.82) is 5.26 Å². The minimum absolute atomic E-state index is 0.0424. The van der Waals surface area contributed by atoms with Crippen LogP contribution in [-0.2, 0) is 0 Å². The smallest absolute Gasteiger partial charge is 0.259 e. The van der Waals surface area contributed by atoms with Gasteiger partial charge in [-0.15, -0.1) is 0 Å². The van der Waals surface area contributed by atoms with Crippen LogP contribution in [0.1, 0.15) is 17.0 Å². The maximum atomic E-state index is 12.3. The predicted octanol–water partition coefficient (Wildman–Crippen LogP) is 2.41. The molecule has 0 radical (unpaired) electrons. The molecule has 4 N–H and O–H groups in total. The van der Waals surface area contributed by atoms with E-state index in [-0.39, 0.29) is 27.7 Å². The molecule has 22 heavy (non-hydrogen) atoms. The number of hydrogen-bond donors (Lipinski definition) is 3. The minimum Gasteiger partial charge on any atom is -0.424 e. The number of hydrogen-bond acceptors (Lipinski definition) is 5. The van der Waals surface area contributed by atoms with Crippen molar-refractivity contribution in [2.45, 2.75) is 5.92 Å². The molecule has 0 saturated carbocycles. The van der Waals surface area contributed by atoms with Gasteiger partial charge in [-0.25, -0.2) is 0 Å². The molecule has 0 spiro atoms. The van der Waals surface area contributed by atoms with Crippen molar-refractivity contribution in [1.82, 2.24) is 9.97 Å². The van der Waals surface area contributed by atoms with Crippen molar-refractivity contribution in [3.63, 3.8) is 0 Å². The Morgan fingerprint density at radius 1 is 1.32 bits per heavy atom. The van der Waals surface area contributed by atoms with Gasteiger partial charge in [-0.2, -0.15) is 5.26 Å². The van der Waals surface area contributed by atoms with Crippen LogP contribution in [0.15, 0.2) is 45.0 Å². The van der Waals surface area contributed by atoms with Gasteiger partial charge in [0.15, 0.2) is 4.77 Å². The summed E-state index contributed by atoms with van der Waals surface area (Å²) in [6.45, 7) is 0. The Kier molecular flexibility index (Phi) is 3.60. The van der Waals surface area contributed by atoms with E-state index in [0.29, 0.717) is 0 Å². The van der Waals surface area contributed by atoms with E-state index in [4.69, 9.17) is 22.7 Å². The molecule has 110 valence electrons. The average Bonchev–Trinajstić information content (AvgIpc) is 2.46. The molecule has 0 amide bonds. The van der Waals surface area contributed by atoms with Crippen LogP contribution in [0, 0.1) is 16.1 Å². The largest absolute Gasteiger partial charge is 0.424 e. The van der Waals surface area contributed by atoms with Crippen LogP contribution < -0.4 is 16.0 Å². The fraction of sp³-hybridized carbons (Fsp3) is 0.0714. The zero-order valence-corrected chi connectivity index (χ0v) is 13.4. The fourth-order valence-corrected chi connectivity index (χ4v) is 2.83. The lowest BCUT2D eigenvalue weighted by molar-refractivity contribution is 0.374. The minimum atomic E-state index is -0.613. The number of allylic oxidation sites excluding steroid dienone is 1. The molecule has 0 unspecified atom stereocenters. The second kappa shape index (κ2) is 5.44. The number of benzene rings is 1. The Bertz CT molecular complexity index is 937. The highest BCUT2D eigenvalue weighted by Crippen LogP contribution is 2.38. The number of fused-ring (bicyclic) bond motifs is 1. The maximum Gasteiger partial charge on any atom is 0.259 e. The van der Waals surface area contributed by atoms with Gasteiger partial charge < -0.3 is 15.5 Å². The highest BCUT2D eigenvalue weighted by molar-refractivity contribution is 9.10. The molecule has 0 aliphatic carbocycles. The molecule has 8 heteroatoms. The molecule has 0 fully saturated rings. The molecule has 1 aromatic heterocycles. The first-order chi connectivity index (χ1) is 10.5. The zero-order valence-electron chi connectivity index (χ0n) is 11.0. The lowest BCUT2D eigenvalue weighted by Crippen LogP contribution is -2.28. The molecule has 2 heterocycles. The molecular formula is C14H9BrN4O2S. The third-order valence-electron chi connectivity index (χ3n) is 3.32. The molecule has 3 rings (SSSR count). The standard InChI is InChI=1S/C14H9BrN4O2S/c15-7-3-1-6(2-4-7)9-8(5-16)11(17)21-13-10(9)12(20)18-14(22)19-13/h1-4,9H,17H2,(H2,18,19,20,22)/t9-/m0/s1. The van der Waals surface area contributed by atoms with Gasteiger partial charge in [0, 0.05) is 4.47 Å². The van der Waals surface area contributed by atoms with E-state index < -0.39 is 11.5 Å². The number of nitrogens with zero attached hydrogens (tertiary/aromatic N) is 1. The molecule has 1 aliphatic rings. The van der Waals surface area contributed by atoms with E-state index in [1.54, 1.807) is 0 Å². The second-order valence-electron chi connectivity index (χ2n) is 4.63. The van der Waals surface area contributed by atoms with E-state index in [1.807, 2.05) is 30.3 Å². The van der Waals surface area contributed by atoms with Crippen LogP contribution in [0.3, 0.4) is 0 Å². The van der Waals surface area contributed by atoms with Crippen molar-refractivity contribution in [2.75, 3.05) is 0 Å². The number of nitrogens with one attached hydrogen (secondary N) is 2. The second-order valence-corrected chi connectivity index (χ2v) is 5.95. The Morgan fingerprint density at radius 3 is 2.64 bits per heavy atom. The van der Waals surface area contributed by atoms with Crippen LogP contribution in [0.5, 0.6) is 5.88 Å². The van der Waals surface area contributed by atoms with Gasteiger partial charge in [-0.05, 0) is 29.9 Å². The molecule has 0 saturated heterocycles. The van der Waals surface area contributed by atoms with Crippen LogP contribution in [0.4, 0.5) is 0 Å². The third kappa shape index (κ3) is 2.34. The van der Waals surface area contributed by atoms with Crippen molar-refractivity contribution < 1.29 is 4.74 Å². The van der Waals surface area contributed by atoms with Crippen molar-refractivity contribution in [3.8, 4) is 11.9 Å².